The second-order valence-electron chi connectivity index (χ2n) is 6.09. The first kappa shape index (κ1) is 20.6. The number of thiophene rings is 1. The third-order valence-corrected chi connectivity index (χ3v) is 4.70. The second-order valence-corrected chi connectivity index (χ2v) is 7.81. The minimum atomic E-state index is -0.867. The van der Waals surface area contributed by atoms with E-state index in [1.54, 1.807) is 24.0 Å². The topological polar surface area (TPSA) is 63.7 Å². The fraction of sp³-hybridized carbons (Fsp3) is 0.588. The van der Waals surface area contributed by atoms with Crippen molar-refractivity contribution in [2.75, 3.05) is 0 Å². The zero-order valence-corrected chi connectivity index (χ0v) is 16.2. The summed E-state index contributed by atoms with van der Waals surface area (Å²) in [7, 11) is 0. The molecule has 0 spiro atoms. The van der Waals surface area contributed by atoms with Gasteiger partial charge in [0.25, 0.3) is 5.91 Å². The van der Waals surface area contributed by atoms with Gasteiger partial charge in [-0.3, -0.25) is 14.4 Å². The largest absolute Gasteiger partial charge is 0.453 e. The molecule has 1 rings (SSSR count). The average molecular weight is 374 g/mol. The maximum atomic E-state index is 12.4. The fourth-order valence-corrected chi connectivity index (χ4v) is 3.44. The Bertz CT molecular complexity index is 589. The first-order chi connectivity index (χ1) is 11.1. The Kier molecular flexibility index (Phi) is 7.90. The lowest BCUT2D eigenvalue weighted by molar-refractivity contribution is -0.160. The van der Waals surface area contributed by atoms with Gasteiger partial charge < -0.3 is 9.64 Å². The lowest BCUT2D eigenvalue weighted by Crippen LogP contribution is -2.47. The van der Waals surface area contributed by atoms with Crippen molar-refractivity contribution < 1.29 is 19.1 Å². The van der Waals surface area contributed by atoms with Gasteiger partial charge in [0.15, 0.2) is 11.9 Å². The number of amides is 1. The van der Waals surface area contributed by atoms with E-state index in [0.29, 0.717) is 9.21 Å². The molecular weight excluding hydrogens is 350 g/mol. The van der Waals surface area contributed by atoms with Gasteiger partial charge in [0.2, 0.25) is 0 Å². The molecule has 0 aliphatic heterocycles. The molecule has 0 bridgehead atoms. The summed E-state index contributed by atoms with van der Waals surface area (Å²) in [6.07, 6.45) is -0.891. The lowest BCUT2D eigenvalue weighted by atomic mass is 10.2. The molecule has 0 aliphatic rings. The van der Waals surface area contributed by atoms with Gasteiger partial charge in [-0.25, -0.2) is 0 Å². The van der Waals surface area contributed by atoms with Crippen LogP contribution in [0.2, 0.25) is 4.34 Å². The van der Waals surface area contributed by atoms with Crippen molar-refractivity contribution in [3.8, 4) is 0 Å². The Hall–Kier alpha value is -1.40. The Morgan fingerprint density at radius 1 is 1.08 bits per heavy atom. The minimum Gasteiger partial charge on any atom is -0.453 e. The molecule has 1 atom stereocenters. The van der Waals surface area contributed by atoms with Crippen molar-refractivity contribution in [2.24, 2.45) is 0 Å². The Morgan fingerprint density at radius 3 is 2.12 bits per heavy atom. The van der Waals surface area contributed by atoms with Crippen molar-refractivity contribution in [1.29, 1.82) is 0 Å². The number of hydrogen-bond acceptors (Lipinski definition) is 5. The van der Waals surface area contributed by atoms with E-state index in [0.717, 1.165) is 0 Å². The van der Waals surface area contributed by atoms with Crippen LogP contribution in [0.3, 0.4) is 0 Å². The molecule has 0 aromatic carbocycles. The molecule has 1 amide bonds. The molecule has 1 aromatic heterocycles. The normalized spacial score (nSPS) is 12.3. The molecule has 1 unspecified atom stereocenters. The van der Waals surface area contributed by atoms with Crippen LogP contribution in [0.15, 0.2) is 12.1 Å². The van der Waals surface area contributed by atoms with Gasteiger partial charge in [0.1, 0.15) is 0 Å². The maximum Gasteiger partial charge on any atom is 0.307 e. The highest BCUT2D eigenvalue weighted by Gasteiger charge is 2.27. The molecule has 7 heteroatoms. The summed E-state index contributed by atoms with van der Waals surface area (Å²) in [6, 6.07) is 3.31. The highest BCUT2D eigenvalue weighted by atomic mass is 35.5. The first-order valence-corrected chi connectivity index (χ1v) is 9.13. The molecule has 134 valence electrons. The van der Waals surface area contributed by atoms with E-state index in [1.165, 1.54) is 11.3 Å². The minimum absolute atomic E-state index is 0.0174. The van der Waals surface area contributed by atoms with Gasteiger partial charge in [-0.15, -0.1) is 11.3 Å². The van der Waals surface area contributed by atoms with Gasteiger partial charge in [-0.2, -0.15) is 0 Å². The molecule has 1 heterocycles. The zero-order chi connectivity index (χ0) is 18.4. The molecule has 0 saturated carbocycles. The van der Waals surface area contributed by atoms with E-state index >= 15 is 0 Å². The summed E-state index contributed by atoms with van der Waals surface area (Å²) in [4.78, 5) is 38.4. The van der Waals surface area contributed by atoms with Crippen LogP contribution in [0.4, 0.5) is 0 Å². The third kappa shape index (κ3) is 5.91. The molecule has 0 saturated heterocycles. The average Bonchev–Trinajstić information content (AvgIpc) is 2.90. The molecule has 0 aliphatic carbocycles. The monoisotopic (exact) mass is 373 g/mol. The summed E-state index contributed by atoms with van der Waals surface area (Å²) >= 11 is 6.96. The third-order valence-electron chi connectivity index (χ3n) is 3.43. The highest BCUT2D eigenvalue weighted by Crippen LogP contribution is 2.23. The van der Waals surface area contributed by atoms with E-state index in [2.05, 4.69) is 0 Å². The number of hydrogen-bond donors (Lipinski definition) is 0. The van der Waals surface area contributed by atoms with Gasteiger partial charge in [-0.05, 0) is 46.8 Å². The van der Waals surface area contributed by atoms with Gasteiger partial charge in [0.05, 0.1) is 15.6 Å². The summed E-state index contributed by atoms with van der Waals surface area (Å²) in [5, 5.41) is 0. The van der Waals surface area contributed by atoms with E-state index < -0.39 is 12.1 Å². The molecule has 0 N–H and O–H groups in total. The molecule has 0 fully saturated rings. The van der Waals surface area contributed by atoms with Gasteiger partial charge in [-0.1, -0.05) is 11.6 Å². The summed E-state index contributed by atoms with van der Waals surface area (Å²) in [5.74, 6) is -0.946. The fourth-order valence-electron chi connectivity index (χ4n) is 2.42. The number of rotatable bonds is 8. The Labute approximate surface area is 151 Å². The summed E-state index contributed by atoms with van der Waals surface area (Å²) in [6.45, 7) is 9.21. The summed E-state index contributed by atoms with van der Waals surface area (Å²) in [5.41, 5.74) is 0. The number of Topliss-reactive ketones (excluding diaryl/α,β-unsaturated/α-hetero) is 1. The Morgan fingerprint density at radius 2 is 1.67 bits per heavy atom. The second kappa shape index (κ2) is 9.18. The van der Waals surface area contributed by atoms with Crippen LogP contribution in [-0.4, -0.2) is 40.7 Å². The van der Waals surface area contributed by atoms with Crippen molar-refractivity contribution in [3.05, 3.63) is 21.3 Å². The number of ether oxygens (including phenoxy) is 1. The molecule has 0 radical (unpaired) electrons. The van der Waals surface area contributed by atoms with Crippen molar-refractivity contribution in [1.82, 2.24) is 4.90 Å². The number of carbonyl (C=O) groups is 3. The van der Waals surface area contributed by atoms with Crippen LogP contribution in [0.5, 0.6) is 0 Å². The molecule has 1 aromatic rings. The first-order valence-electron chi connectivity index (χ1n) is 7.93. The number of carbonyl (C=O) groups excluding carboxylic acids is 3. The number of esters is 1. The molecule has 24 heavy (non-hydrogen) atoms. The maximum absolute atomic E-state index is 12.4. The Balaban J connectivity index is 2.51. The molecule has 5 nitrogen and oxygen atoms in total. The smallest absolute Gasteiger partial charge is 0.307 e. The van der Waals surface area contributed by atoms with Crippen LogP contribution in [0.25, 0.3) is 0 Å². The van der Waals surface area contributed by atoms with E-state index in [-0.39, 0.29) is 36.6 Å². The predicted octanol–water partition coefficient (Wildman–Crippen LogP) is 3.94. The molecular formula is C17H24ClNO4S. The SMILES string of the molecule is CC(OC(=O)CCC(=O)c1ccc(Cl)s1)C(=O)N(C(C)C)C(C)C. The highest BCUT2D eigenvalue weighted by molar-refractivity contribution is 7.18. The van der Waals surface area contributed by atoms with Gasteiger partial charge >= 0.3 is 5.97 Å². The lowest BCUT2D eigenvalue weighted by Gasteiger charge is -2.32. The van der Waals surface area contributed by atoms with E-state index in [4.69, 9.17) is 16.3 Å². The van der Waals surface area contributed by atoms with Crippen molar-refractivity contribution in [2.45, 2.75) is 65.6 Å². The standard InChI is InChI=1S/C17H24ClNO4S/c1-10(2)19(11(3)4)17(22)12(5)23-16(21)9-6-13(20)14-7-8-15(18)24-14/h7-8,10-12H,6,9H2,1-5H3. The van der Waals surface area contributed by atoms with E-state index in [9.17, 15) is 14.4 Å². The van der Waals surface area contributed by atoms with Crippen molar-refractivity contribution >= 4 is 40.6 Å². The van der Waals surface area contributed by atoms with Crippen LogP contribution in [-0.2, 0) is 14.3 Å². The number of ketones is 1. The van der Waals surface area contributed by atoms with E-state index in [1.807, 2.05) is 27.7 Å². The number of halogens is 1. The van der Waals surface area contributed by atoms with Crippen molar-refractivity contribution in [3.63, 3.8) is 0 Å². The number of nitrogens with zero attached hydrogens (tertiary/aromatic N) is 1. The predicted molar refractivity (Wildman–Crippen MR) is 95.6 cm³/mol. The van der Waals surface area contributed by atoms with Crippen LogP contribution < -0.4 is 0 Å². The quantitative estimate of drug-likeness (QED) is 0.511. The summed E-state index contributed by atoms with van der Waals surface area (Å²) < 4.78 is 5.71. The van der Waals surface area contributed by atoms with Crippen LogP contribution in [0, 0.1) is 0 Å². The van der Waals surface area contributed by atoms with Crippen LogP contribution >= 0.6 is 22.9 Å². The van der Waals surface area contributed by atoms with Gasteiger partial charge in [0, 0.05) is 18.5 Å². The zero-order valence-electron chi connectivity index (χ0n) is 14.7. The van der Waals surface area contributed by atoms with Crippen LogP contribution in [0.1, 0.15) is 57.1 Å².